The molecule has 0 bridgehead atoms. The van der Waals surface area contributed by atoms with Crippen LogP contribution in [0.25, 0.3) is 22.4 Å². The first-order valence-corrected chi connectivity index (χ1v) is 6.99. The van der Waals surface area contributed by atoms with Crippen molar-refractivity contribution in [3.63, 3.8) is 0 Å². The highest BCUT2D eigenvalue weighted by molar-refractivity contribution is 5.81. The third-order valence-corrected chi connectivity index (χ3v) is 3.60. The van der Waals surface area contributed by atoms with Gasteiger partial charge in [0, 0.05) is 5.56 Å². The molecule has 3 nitrogen and oxygen atoms in total. The molecule has 1 heterocycles. The predicted molar refractivity (Wildman–Crippen MR) is 84.9 cm³/mol. The lowest BCUT2D eigenvalue weighted by molar-refractivity contribution is 0.591. The summed E-state index contributed by atoms with van der Waals surface area (Å²) < 4.78 is 0. The van der Waals surface area contributed by atoms with Crippen LogP contribution >= 0.6 is 0 Å². The molecule has 0 radical (unpaired) electrons. The maximum absolute atomic E-state index is 8.99. The average molecular weight is 275 g/mol. The molecule has 2 aromatic carbocycles. The van der Waals surface area contributed by atoms with Crippen LogP contribution in [0.5, 0.6) is 0 Å². The highest BCUT2D eigenvalue weighted by Gasteiger charge is 2.19. The molecule has 0 aliphatic rings. The number of imidazole rings is 1. The van der Waals surface area contributed by atoms with Gasteiger partial charge in [0.25, 0.3) is 0 Å². The van der Waals surface area contributed by atoms with Crippen molar-refractivity contribution in [2.24, 2.45) is 0 Å². The fourth-order valence-corrected chi connectivity index (χ4v) is 2.55. The summed E-state index contributed by atoms with van der Waals surface area (Å²) in [6.45, 7) is 6.59. The number of hydrogen-bond donors (Lipinski definition) is 1. The SMILES string of the molecule is CC(C)(C)c1ccccc1-c1nc2ccc(C#N)cc2[nH]1. The minimum absolute atomic E-state index is 0.0490. The number of aromatic amines is 1. The third-order valence-electron chi connectivity index (χ3n) is 3.60. The van der Waals surface area contributed by atoms with Crippen molar-refractivity contribution in [1.82, 2.24) is 9.97 Å². The Kier molecular flexibility index (Phi) is 3.03. The Morgan fingerprint density at radius 3 is 2.57 bits per heavy atom. The van der Waals surface area contributed by atoms with E-state index in [1.54, 1.807) is 6.07 Å². The summed E-state index contributed by atoms with van der Waals surface area (Å²) in [6, 6.07) is 16.0. The van der Waals surface area contributed by atoms with Crippen LogP contribution in [0.15, 0.2) is 42.5 Å². The second-order valence-electron chi connectivity index (χ2n) is 6.22. The molecule has 0 aliphatic heterocycles. The Morgan fingerprint density at radius 2 is 1.86 bits per heavy atom. The summed E-state index contributed by atoms with van der Waals surface area (Å²) in [5.74, 6) is 0.852. The summed E-state index contributed by atoms with van der Waals surface area (Å²) in [7, 11) is 0. The van der Waals surface area contributed by atoms with E-state index in [0.29, 0.717) is 5.56 Å². The Labute approximate surface area is 124 Å². The van der Waals surface area contributed by atoms with Crippen molar-refractivity contribution in [2.75, 3.05) is 0 Å². The molecule has 0 saturated carbocycles. The fraction of sp³-hybridized carbons (Fsp3) is 0.222. The zero-order chi connectivity index (χ0) is 15.0. The number of rotatable bonds is 1. The Hall–Kier alpha value is -2.60. The molecule has 0 saturated heterocycles. The molecule has 0 atom stereocenters. The molecule has 3 aromatic rings. The van der Waals surface area contributed by atoms with E-state index >= 15 is 0 Å². The molecule has 0 fully saturated rings. The van der Waals surface area contributed by atoms with E-state index in [9.17, 15) is 0 Å². The van der Waals surface area contributed by atoms with Gasteiger partial charge in [0.2, 0.25) is 0 Å². The van der Waals surface area contributed by atoms with Gasteiger partial charge in [0.15, 0.2) is 0 Å². The van der Waals surface area contributed by atoms with Gasteiger partial charge in [-0.3, -0.25) is 0 Å². The van der Waals surface area contributed by atoms with Gasteiger partial charge in [-0.05, 0) is 29.2 Å². The second-order valence-corrected chi connectivity index (χ2v) is 6.22. The number of hydrogen-bond acceptors (Lipinski definition) is 2. The summed E-state index contributed by atoms with van der Waals surface area (Å²) in [4.78, 5) is 8.00. The summed E-state index contributed by atoms with van der Waals surface area (Å²) in [5.41, 5.74) is 4.83. The highest BCUT2D eigenvalue weighted by Crippen LogP contribution is 2.32. The maximum Gasteiger partial charge on any atom is 0.138 e. The maximum atomic E-state index is 8.99. The minimum atomic E-state index is 0.0490. The van der Waals surface area contributed by atoms with Gasteiger partial charge in [-0.25, -0.2) is 4.98 Å². The van der Waals surface area contributed by atoms with Crippen LogP contribution in [0.4, 0.5) is 0 Å². The molecule has 0 spiro atoms. The summed E-state index contributed by atoms with van der Waals surface area (Å²) in [6.07, 6.45) is 0. The quantitative estimate of drug-likeness (QED) is 0.715. The molecule has 104 valence electrons. The lowest BCUT2D eigenvalue weighted by Crippen LogP contribution is -2.12. The van der Waals surface area contributed by atoms with Gasteiger partial charge >= 0.3 is 0 Å². The monoisotopic (exact) mass is 275 g/mol. The molecular formula is C18H17N3. The van der Waals surface area contributed by atoms with Crippen molar-refractivity contribution < 1.29 is 0 Å². The number of nitrogens with one attached hydrogen (secondary N) is 1. The number of nitriles is 1. The molecule has 3 heteroatoms. The number of fused-ring (bicyclic) bond motifs is 1. The average Bonchev–Trinajstić information content (AvgIpc) is 2.89. The zero-order valence-electron chi connectivity index (χ0n) is 12.4. The first-order valence-electron chi connectivity index (χ1n) is 6.99. The number of aromatic nitrogens is 2. The van der Waals surface area contributed by atoms with E-state index < -0.39 is 0 Å². The van der Waals surface area contributed by atoms with E-state index in [1.807, 2.05) is 18.2 Å². The normalized spacial score (nSPS) is 11.5. The Bertz CT molecular complexity index is 845. The smallest absolute Gasteiger partial charge is 0.138 e. The molecule has 0 amide bonds. The fourth-order valence-electron chi connectivity index (χ4n) is 2.55. The summed E-state index contributed by atoms with van der Waals surface area (Å²) >= 11 is 0. The van der Waals surface area contributed by atoms with Gasteiger partial charge in [-0.1, -0.05) is 45.0 Å². The first-order chi connectivity index (χ1) is 9.99. The largest absolute Gasteiger partial charge is 0.338 e. The topological polar surface area (TPSA) is 52.5 Å². The standard InChI is InChI=1S/C18H17N3/c1-18(2,3)14-7-5-4-6-13(14)17-20-15-9-8-12(11-19)10-16(15)21-17/h4-10H,1-3H3,(H,20,21). The molecule has 0 aliphatic carbocycles. The number of H-pyrrole nitrogens is 1. The molecular weight excluding hydrogens is 258 g/mol. The molecule has 3 rings (SSSR count). The van der Waals surface area contributed by atoms with Crippen molar-refractivity contribution >= 4 is 11.0 Å². The van der Waals surface area contributed by atoms with E-state index in [0.717, 1.165) is 22.4 Å². The molecule has 21 heavy (non-hydrogen) atoms. The van der Waals surface area contributed by atoms with Crippen molar-refractivity contribution in [2.45, 2.75) is 26.2 Å². The number of nitrogens with zero attached hydrogens (tertiary/aromatic N) is 2. The zero-order valence-corrected chi connectivity index (χ0v) is 12.4. The van der Waals surface area contributed by atoms with Gasteiger partial charge in [-0.15, -0.1) is 0 Å². The molecule has 1 aromatic heterocycles. The second kappa shape index (κ2) is 4.75. The van der Waals surface area contributed by atoms with Crippen LogP contribution < -0.4 is 0 Å². The van der Waals surface area contributed by atoms with Crippen LogP contribution in [0.2, 0.25) is 0 Å². The Morgan fingerprint density at radius 1 is 1.10 bits per heavy atom. The van der Waals surface area contributed by atoms with E-state index in [4.69, 9.17) is 5.26 Å². The molecule has 0 unspecified atom stereocenters. The van der Waals surface area contributed by atoms with Gasteiger partial charge < -0.3 is 4.98 Å². The van der Waals surface area contributed by atoms with Crippen LogP contribution in [0, 0.1) is 11.3 Å². The van der Waals surface area contributed by atoms with Crippen LogP contribution in [0.3, 0.4) is 0 Å². The van der Waals surface area contributed by atoms with E-state index in [-0.39, 0.29) is 5.41 Å². The van der Waals surface area contributed by atoms with E-state index in [2.05, 4.69) is 55.0 Å². The third kappa shape index (κ3) is 2.41. The van der Waals surface area contributed by atoms with Gasteiger partial charge in [-0.2, -0.15) is 5.26 Å². The number of benzene rings is 2. The minimum Gasteiger partial charge on any atom is -0.338 e. The van der Waals surface area contributed by atoms with Crippen LogP contribution in [-0.2, 0) is 5.41 Å². The van der Waals surface area contributed by atoms with Crippen molar-refractivity contribution in [3.05, 3.63) is 53.6 Å². The van der Waals surface area contributed by atoms with Gasteiger partial charge in [0.05, 0.1) is 22.7 Å². The van der Waals surface area contributed by atoms with Crippen molar-refractivity contribution in [1.29, 1.82) is 5.26 Å². The predicted octanol–water partition coefficient (Wildman–Crippen LogP) is 4.40. The lowest BCUT2D eigenvalue weighted by atomic mass is 9.83. The van der Waals surface area contributed by atoms with Gasteiger partial charge in [0.1, 0.15) is 5.82 Å². The summed E-state index contributed by atoms with van der Waals surface area (Å²) in [5, 5.41) is 8.99. The van der Waals surface area contributed by atoms with Crippen molar-refractivity contribution in [3.8, 4) is 17.5 Å². The molecule has 1 N–H and O–H groups in total. The lowest BCUT2D eigenvalue weighted by Gasteiger charge is -2.21. The van der Waals surface area contributed by atoms with Crippen LogP contribution in [0.1, 0.15) is 31.9 Å². The highest BCUT2D eigenvalue weighted by atomic mass is 14.9. The van der Waals surface area contributed by atoms with Crippen LogP contribution in [-0.4, -0.2) is 9.97 Å². The van der Waals surface area contributed by atoms with E-state index in [1.165, 1.54) is 5.56 Å². The first kappa shape index (κ1) is 13.4. The Balaban J connectivity index is 2.20.